The summed E-state index contributed by atoms with van der Waals surface area (Å²) in [6.07, 6.45) is 1.78. The van der Waals surface area contributed by atoms with Gasteiger partial charge in [0.25, 0.3) is 0 Å². The molecule has 1 N–H and O–H groups in total. The minimum atomic E-state index is -3.53. The fourth-order valence-electron chi connectivity index (χ4n) is 3.94. The van der Waals surface area contributed by atoms with Gasteiger partial charge in [-0.1, -0.05) is 18.2 Å². The van der Waals surface area contributed by atoms with E-state index < -0.39 is 10.0 Å². The minimum absolute atomic E-state index is 0.181. The fraction of sp³-hybridized carbons (Fsp3) is 0.455. The van der Waals surface area contributed by atoms with Gasteiger partial charge in [-0.05, 0) is 36.9 Å². The lowest BCUT2D eigenvalue weighted by Crippen LogP contribution is -2.52. The highest BCUT2D eigenvalue weighted by molar-refractivity contribution is 7.89. The molecule has 0 unspecified atom stereocenters. The Bertz CT molecular complexity index is 1020. The van der Waals surface area contributed by atoms with Crippen LogP contribution >= 0.6 is 0 Å². The zero-order valence-corrected chi connectivity index (χ0v) is 19.2. The van der Waals surface area contributed by atoms with Crippen LogP contribution in [0.4, 0.5) is 10.6 Å². The molecule has 0 atom stereocenters. The van der Waals surface area contributed by atoms with E-state index in [9.17, 15) is 13.2 Å². The average molecular weight is 459 g/mol. The number of hydrogen-bond donors (Lipinski definition) is 1. The Labute approximate surface area is 189 Å². The standard InChI is InChI=1S/C22H30N6O3S/c1-25-9-11-26(12-10-25)21-17-19(7-8-23-21)18-24-22(29)27-13-15-28(16-14-27)32(30,31)20-5-3-2-4-6-20/h2-8,17H,9-16,18H2,1H3,(H,24,29). The molecule has 10 heteroatoms. The molecule has 2 aromatic rings. The first-order chi connectivity index (χ1) is 15.4. The quantitative estimate of drug-likeness (QED) is 0.721. The number of benzene rings is 1. The molecule has 0 bridgehead atoms. The van der Waals surface area contributed by atoms with E-state index in [1.165, 1.54) is 4.31 Å². The Morgan fingerprint density at radius 3 is 2.34 bits per heavy atom. The number of nitrogens with one attached hydrogen (secondary N) is 1. The van der Waals surface area contributed by atoms with Crippen LogP contribution < -0.4 is 10.2 Å². The van der Waals surface area contributed by atoms with Gasteiger partial charge in [0, 0.05) is 65.1 Å². The van der Waals surface area contributed by atoms with Crippen molar-refractivity contribution < 1.29 is 13.2 Å². The van der Waals surface area contributed by atoms with Crippen LogP contribution in [0.15, 0.2) is 53.6 Å². The van der Waals surface area contributed by atoms with E-state index >= 15 is 0 Å². The number of anilines is 1. The topological polar surface area (TPSA) is 89.1 Å². The lowest BCUT2D eigenvalue weighted by atomic mass is 10.2. The van der Waals surface area contributed by atoms with E-state index in [2.05, 4.69) is 27.1 Å². The molecule has 2 amide bonds. The van der Waals surface area contributed by atoms with Crippen LogP contribution in [-0.4, -0.2) is 92.9 Å². The summed E-state index contributed by atoms with van der Waals surface area (Å²) >= 11 is 0. The number of pyridine rings is 1. The van der Waals surface area contributed by atoms with Crippen LogP contribution in [0.25, 0.3) is 0 Å². The highest BCUT2D eigenvalue weighted by Crippen LogP contribution is 2.18. The highest BCUT2D eigenvalue weighted by Gasteiger charge is 2.30. The lowest BCUT2D eigenvalue weighted by molar-refractivity contribution is 0.172. The molecule has 172 valence electrons. The zero-order valence-electron chi connectivity index (χ0n) is 18.4. The second-order valence-corrected chi connectivity index (χ2v) is 10.1. The molecule has 1 aromatic carbocycles. The van der Waals surface area contributed by atoms with Crippen molar-refractivity contribution in [1.29, 1.82) is 0 Å². The second-order valence-electron chi connectivity index (χ2n) is 8.18. The van der Waals surface area contributed by atoms with Crippen molar-refractivity contribution in [3.05, 3.63) is 54.2 Å². The Kier molecular flexibility index (Phi) is 6.92. The summed E-state index contributed by atoms with van der Waals surface area (Å²) in [6.45, 7) is 5.60. The molecule has 0 aliphatic carbocycles. The van der Waals surface area contributed by atoms with Gasteiger partial charge in [0.1, 0.15) is 5.82 Å². The van der Waals surface area contributed by atoms with Gasteiger partial charge in [0.15, 0.2) is 0 Å². The zero-order chi connectivity index (χ0) is 22.6. The normalized spacial score (nSPS) is 18.5. The maximum Gasteiger partial charge on any atom is 0.317 e. The predicted molar refractivity (Wildman–Crippen MR) is 123 cm³/mol. The molecule has 2 fully saturated rings. The molecule has 4 rings (SSSR count). The number of carbonyl (C=O) groups is 1. The van der Waals surface area contributed by atoms with E-state index in [4.69, 9.17) is 0 Å². The summed E-state index contributed by atoms with van der Waals surface area (Å²) in [5.74, 6) is 0.935. The first-order valence-corrected chi connectivity index (χ1v) is 12.3. The van der Waals surface area contributed by atoms with Crippen molar-refractivity contribution in [2.45, 2.75) is 11.4 Å². The second kappa shape index (κ2) is 9.85. The van der Waals surface area contributed by atoms with Crippen LogP contribution in [0.5, 0.6) is 0 Å². The number of aromatic nitrogens is 1. The molecule has 3 heterocycles. The third-order valence-corrected chi connectivity index (χ3v) is 7.90. The van der Waals surface area contributed by atoms with Crippen molar-refractivity contribution in [3.63, 3.8) is 0 Å². The van der Waals surface area contributed by atoms with Crippen LogP contribution in [0, 0.1) is 0 Å². The van der Waals surface area contributed by atoms with E-state index in [1.807, 2.05) is 12.1 Å². The molecule has 9 nitrogen and oxygen atoms in total. The maximum absolute atomic E-state index is 12.7. The number of nitrogens with zero attached hydrogens (tertiary/aromatic N) is 5. The molecular formula is C22H30N6O3S. The van der Waals surface area contributed by atoms with Crippen molar-refractivity contribution in [2.24, 2.45) is 0 Å². The molecule has 1 aromatic heterocycles. The monoisotopic (exact) mass is 458 g/mol. The molecule has 0 saturated carbocycles. The van der Waals surface area contributed by atoms with E-state index in [-0.39, 0.29) is 24.0 Å². The molecular weight excluding hydrogens is 428 g/mol. The number of amides is 2. The number of hydrogen-bond acceptors (Lipinski definition) is 6. The van der Waals surface area contributed by atoms with Crippen molar-refractivity contribution in [1.82, 2.24) is 24.4 Å². The SMILES string of the molecule is CN1CCN(c2cc(CNC(=O)N3CCN(S(=O)(=O)c4ccccc4)CC3)ccn2)CC1. The van der Waals surface area contributed by atoms with Gasteiger partial charge in [-0.3, -0.25) is 0 Å². The van der Waals surface area contributed by atoms with Crippen LogP contribution in [0.3, 0.4) is 0 Å². The lowest BCUT2D eigenvalue weighted by Gasteiger charge is -2.34. The van der Waals surface area contributed by atoms with Gasteiger partial charge in [-0.2, -0.15) is 4.31 Å². The van der Waals surface area contributed by atoms with E-state index in [0.717, 1.165) is 37.6 Å². The van der Waals surface area contributed by atoms with Gasteiger partial charge in [-0.15, -0.1) is 0 Å². The van der Waals surface area contributed by atoms with Crippen LogP contribution in [0.2, 0.25) is 0 Å². The van der Waals surface area contributed by atoms with Crippen LogP contribution in [-0.2, 0) is 16.6 Å². The molecule has 32 heavy (non-hydrogen) atoms. The number of piperazine rings is 2. The molecule has 0 radical (unpaired) electrons. The summed E-state index contributed by atoms with van der Waals surface area (Å²) in [5.41, 5.74) is 0.993. The van der Waals surface area contributed by atoms with E-state index in [1.54, 1.807) is 41.4 Å². The minimum Gasteiger partial charge on any atom is -0.354 e. The Morgan fingerprint density at radius 1 is 0.969 bits per heavy atom. The third kappa shape index (κ3) is 5.20. The largest absolute Gasteiger partial charge is 0.354 e. The van der Waals surface area contributed by atoms with Crippen molar-refractivity contribution >= 4 is 21.9 Å². The number of urea groups is 1. The number of carbonyl (C=O) groups excluding carboxylic acids is 1. The summed E-state index contributed by atoms with van der Waals surface area (Å²) in [5, 5.41) is 2.96. The first-order valence-electron chi connectivity index (χ1n) is 10.9. The summed E-state index contributed by atoms with van der Waals surface area (Å²) in [4.78, 5) is 23.6. The number of sulfonamides is 1. The molecule has 2 aliphatic heterocycles. The highest BCUT2D eigenvalue weighted by atomic mass is 32.2. The molecule has 2 saturated heterocycles. The molecule has 0 spiro atoms. The molecule has 2 aliphatic rings. The van der Waals surface area contributed by atoms with Crippen molar-refractivity contribution in [3.8, 4) is 0 Å². The van der Waals surface area contributed by atoms with Crippen LogP contribution in [0.1, 0.15) is 5.56 Å². The summed E-state index contributed by atoms with van der Waals surface area (Å²) in [7, 11) is -1.41. The summed E-state index contributed by atoms with van der Waals surface area (Å²) < 4.78 is 26.9. The Morgan fingerprint density at radius 2 is 1.66 bits per heavy atom. The third-order valence-electron chi connectivity index (χ3n) is 5.99. The van der Waals surface area contributed by atoms with Gasteiger partial charge in [0.05, 0.1) is 4.90 Å². The smallest absolute Gasteiger partial charge is 0.317 e. The van der Waals surface area contributed by atoms with Gasteiger partial charge < -0.3 is 20.0 Å². The average Bonchev–Trinajstić information content (AvgIpc) is 2.84. The van der Waals surface area contributed by atoms with Gasteiger partial charge >= 0.3 is 6.03 Å². The summed E-state index contributed by atoms with van der Waals surface area (Å²) in [6, 6.07) is 12.2. The van der Waals surface area contributed by atoms with E-state index in [0.29, 0.717) is 19.6 Å². The fourth-order valence-corrected chi connectivity index (χ4v) is 5.38. The van der Waals surface area contributed by atoms with Crippen molar-refractivity contribution in [2.75, 3.05) is 64.3 Å². The maximum atomic E-state index is 12.7. The van der Waals surface area contributed by atoms with Gasteiger partial charge in [-0.25, -0.2) is 18.2 Å². The Hall–Kier alpha value is -2.69. The van der Waals surface area contributed by atoms with Gasteiger partial charge in [0.2, 0.25) is 10.0 Å². The first kappa shape index (κ1) is 22.5. The number of rotatable bonds is 5. The Balaban J connectivity index is 1.28. The number of likely N-dealkylation sites (N-methyl/N-ethyl adjacent to an activating group) is 1. The predicted octanol–water partition coefficient (Wildman–Crippen LogP) is 1.05.